The highest BCUT2D eigenvalue weighted by Crippen LogP contribution is 2.14. The largest absolute Gasteiger partial charge is 0.378 e. The Hall–Kier alpha value is -0.0400. The van der Waals surface area contributed by atoms with Gasteiger partial charge in [-0.25, -0.2) is 0 Å². The summed E-state index contributed by atoms with van der Waals surface area (Å²) in [6.07, 6.45) is 8.99. The Morgan fingerprint density at radius 2 is 2.14 bits per heavy atom. The van der Waals surface area contributed by atoms with Crippen LogP contribution >= 0.6 is 24.0 Å². The third-order valence-electron chi connectivity index (χ3n) is 3.71. The second kappa shape index (κ2) is 13.6. The molecule has 126 valence electrons. The molecule has 0 amide bonds. The van der Waals surface area contributed by atoms with Crippen molar-refractivity contribution in [2.75, 3.05) is 19.7 Å². The molecule has 0 bridgehead atoms. The molecule has 5 heteroatoms. The average Bonchev–Trinajstić information content (AvgIpc) is 2.92. The summed E-state index contributed by atoms with van der Waals surface area (Å²) >= 11 is 0. The molecule has 21 heavy (non-hydrogen) atoms. The van der Waals surface area contributed by atoms with Crippen molar-refractivity contribution < 1.29 is 4.74 Å². The third-order valence-corrected chi connectivity index (χ3v) is 3.71. The van der Waals surface area contributed by atoms with Gasteiger partial charge in [-0.1, -0.05) is 26.2 Å². The highest BCUT2D eigenvalue weighted by Gasteiger charge is 2.14. The fourth-order valence-electron chi connectivity index (χ4n) is 2.52. The normalized spacial score (nSPS) is 20.0. The molecule has 0 saturated carbocycles. The molecular weight excluding hydrogens is 377 g/mol. The molecule has 1 heterocycles. The Morgan fingerprint density at radius 3 is 2.76 bits per heavy atom. The number of unbranched alkanes of at least 4 members (excludes halogenated alkanes) is 2. The van der Waals surface area contributed by atoms with Gasteiger partial charge >= 0.3 is 0 Å². The average molecular weight is 411 g/mol. The zero-order valence-corrected chi connectivity index (χ0v) is 16.3. The van der Waals surface area contributed by atoms with Crippen LogP contribution in [-0.2, 0) is 4.74 Å². The molecule has 0 spiro atoms. The first-order valence-corrected chi connectivity index (χ1v) is 8.42. The maximum absolute atomic E-state index is 5.63. The molecule has 0 radical (unpaired) electrons. The zero-order chi connectivity index (χ0) is 14.6. The lowest BCUT2D eigenvalue weighted by Crippen LogP contribution is -2.42. The molecule has 1 rings (SSSR count). The van der Waals surface area contributed by atoms with Gasteiger partial charge in [-0.15, -0.1) is 24.0 Å². The van der Waals surface area contributed by atoms with Gasteiger partial charge in [-0.2, -0.15) is 0 Å². The van der Waals surface area contributed by atoms with Crippen molar-refractivity contribution >= 4 is 29.9 Å². The molecule has 1 aliphatic rings. The topological polar surface area (TPSA) is 45.7 Å². The number of guanidine groups is 1. The zero-order valence-electron chi connectivity index (χ0n) is 14.0. The Morgan fingerprint density at radius 1 is 1.33 bits per heavy atom. The van der Waals surface area contributed by atoms with Crippen LogP contribution in [-0.4, -0.2) is 37.8 Å². The quantitative estimate of drug-likeness (QED) is 0.263. The van der Waals surface area contributed by atoms with Crippen molar-refractivity contribution in [1.29, 1.82) is 0 Å². The van der Waals surface area contributed by atoms with E-state index in [1.165, 1.54) is 38.5 Å². The third kappa shape index (κ3) is 10.3. The van der Waals surface area contributed by atoms with Gasteiger partial charge in [0.25, 0.3) is 0 Å². The molecule has 2 atom stereocenters. The van der Waals surface area contributed by atoms with Crippen LogP contribution in [0.1, 0.15) is 65.7 Å². The lowest BCUT2D eigenvalue weighted by molar-refractivity contribution is 0.106. The van der Waals surface area contributed by atoms with E-state index in [1.807, 2.05) is 0 Å². The van der Waals surface area contributed by atoms with Crippen molar-refractivity contribution in [2.24, 2.45) is 4.99 Å². The van der Waals surface area contributed by atoms with Gasteiger partial charge < -0.3 is 15.4 Å². The van der Waals surface area contributed by atoms with Gasteiger partial charge in [-0.3, -0.25) is 4.99 Å². The van der Waals surface area contributed by atoms with Gasteiger partial charge in [0.1, 0.15) is 0 Å². The molecule has 1 aliphatic heterocycles. The van der Waals surface area contributed by atoms with E-state index < -0.39 is 0 Å². The van der Waals surface area contributed by atoms with Crippen molar-refractivity contribution in [3.05, 3.63) is 0 Å². The first-order valence-electron chi connectivity index (χ1n) is 8.42. The van der Waals surface area contributed by atoms with Crippen molar-refractivity contribution in [3.63, 3.8) is 0 Å². The number of nitrogens with one attached hydrogen (secondary N) is 2. The SMILES string of the molecule is CCCCCC(C)NC(=NCCC1CCCO1)NCC.I. The summed E-state index contributed by atoms with van der Waals surface area (Å²) in [5, 5.41) is 6.83. The minimum Gasteiger partial charge on any atom is -0.378 e. The maximum atomic E-state index is 5.63. The number of hydrogen-bond donors (Lipinski definition) is 2. The molecule has 4 nitrogen and oxygen atoms in total. The monoisotopic (exact) mass is 411 g/mol. The van der Waals surface area contributed by atoms with Crippen LogP contribution in [0, 0.1) is 0 Å². The van der Waals surface area contributed by atoms with E-state index in [0.29, 0.717) is 12.1 Å². The Balaban J connectivity index is 0.00000400. The van der Waals surface area contributed by atoms with Crippen molar-refractivity contribution in [1.82, 2.24) is 10.6 Å². The Kier molecular flexibility index (Phi) is 13.6. The molecular formula is C16H34IN3O. The van der Waals surface area contributed by atoms with Crippen LogP contribution in [0.15, 0.2) is 4.99 Å². The first-order chi connectivity index (χ1) is 9.76. The van der Waals surface area contributed by atoms with E-state index in [-0.39, 0.29) is 24.0 Å². The Labute approximate surface area is 147 Å². The van der Waals surface area contributed by atoms with E-state index in [0.717, 1.165) is 32.1 Å². The number of hydrogen-bond acceptors (Lipinski definition) is 2. The van der Waals surface area contributed by atoms with Crippen LogP contribution in [0.5, 0.6) is 0 Å². The maximum Gasteiger partial charge on any atom is 0.191 e. The van der Waals surface area contributed by atoms with Gasteiger partial charge in [-0.05, 0) is 39.5 Å². The smallest absolute Gasteiger partial charge is 0.191 e. The summed E-state index contributed by atoms with van der Waals surface area (Å²) in [5.41, 5.74) is 0. The summed E-state index contributed by atoms with van der Waals surface area (Å²) in [6.45, 7) is 9.28. The molecule has 1 fully saturated rings. The van der Waals surface area contributed by atoms with E-state index in [2.05, 4.69) is 36.4 Å². The highest BCUT2D eigenvalue weighted by molar-refractivity contribution is 14.0. The van der Waals surface area contributed by atoms with Gasteiger partial charge in [0.15, 0.2) is 5.96 Å². The number of rotatable bonds is 9. The predicted molar refractivity (Wildman–Crippen MR) is 102 cm³/mol. The van der Waals surface area contributed by atoms with E-state index in [9.17, 15) is 0 Å². The molecule has 1 saturated heterocycles. The van der Waals surface area contributed by atoms with Crippen LogP contribution in [0.25, 0.3) is 0 Å². The summed E-state index contributed by atoms with van der Waals surface area (Å²) in [4.78, 5) is 4.66. The van der Waals surface area contributed by atoms with Gasteiger partial charge in [0.2, 0.25) is 0 Å². The summed E-state index contributed by atoms with van der Waals surface area (Å²) in [6, 6.07) is 0.488. The minimum atomic E-state index is 0. The first kappa shape index (κ1) is 21.0. The molecule has 0 aromatic carbocycles. The second-order valence-corrected chi connectivity index (χ2v) is 5.73. The van der Waals surface area contributed by atoms with Crippen molar-refractivity contribution in [2.45, 2.75) is 77.9 Å². The van der Waals surface area contributed by atoms with E-state index in [4.69, 9.17) is 4.74 Å². The molecule has 0 aromatic rings. The minimum absolute atomic E-state index is 0. The van der Waals surface area contributed by atoms with Crippen molar-refractivity contribution in [3.8, 4) is 0 Å². The lowest BCUT2D eigenvalue weighted by Gasteiger charge is -2.18. The number of ether oxygens (including phenoxy) is 1. The van der Waals surface area contributed by atoms with Crippen LogP contribution < -0.4 is 10.6 Å². The predicted octanol–water partition coefficient (Wildman–Crippen LogP) is 3.70. The number of nitrogens with zero attached hydrogens (tertiary/aromatic N) is 1. The van der Waals surface area contributed by atoms with Crippen LogP contribution in [0.4, 0.5) is 0 Å². The van der Waals surface area contributed by atoms with E-state index >= 15 is 0 Å². The van der Waals surface area contributed by atoms with Crippen LogP contribution in [0.3, 0.4) is 0 Å². The summed E-state index contributed by atoms with van der Waals surface area (Å²) in [7, 11) is 0. The fraction of sp³-hybridized carbons (Fsp3) is 0.938. The molecule has 2 N–H and O–H groups in total. The highest BCUT2D eigenvalue weighted by atomic mass is 127. The standard InChI is InChI=1S/C16H33N3O.HI/c1-4-6-7-9-14(3)19-16(17-5-2)18-12-11-15-10-8-13-20-15;/h14-15H,4-13H2,1-3H3,(H2,17,18,19);1H. The summed E-state index contributed by atoms with van der Waals surface area (Å²) in [5.74, 6) is 0.953. The summed E-state index contributed by atoms with van der Waals surface area (Å²) < 4.78 is 5.63. The Bertz CT molecular complexity index is 268. The molecule has 2 unspecified atom stereocenters. The van der Waals surface area contributed by atoms with E-state index in [1.54, 1.807) is 0 Å². The van der Waals surface area contributed by atoms with Gasteiger partial charge in [0.05, 0.1) is 6.10 Å². The van der Waals surface area contributed by atoms with Crippen LogP contribution in [0.2, 0.25) is 0 Å². The van der Waals surface area contributed by atoms with Gasteiger partial charge in [0, 0.05) is 25.7 Å². The second-order valence-electron chi connectivity index (χ2n) is 5.73. The fourth-order valence-corrected chi connectivity index (χ4v) is 2.52. The molecule has 0 aliphatic carbocycles. The number of aliphatic imine (C=N–C) groups is 1. The lowest BCUT2D eigenvalue weighted by atomic mass is 10.1. The molecule has 0 aromatic heterocycles. The number of halogens is 1.